The Kier molecular flexibility index (Phi) is 4.80. The normalized spacial score (nSPS) is 11.6. The van der Waals surface area contributed by atoms with E-state index in [0.717, 1.165) is 23.0 Å². The number of carbonyl (C=O) groups excluding carboxylic acids is 1. The standard InChI is InChI=1S/C22H16F3N3O/c23-22(24,25)17-11-9-15(10-12-17)14-28-20-8-4-7-19(18(20)13-26-28)27-21(29)16-5-2-1-3-6-16/h1-13H,14H2,(H,27,29). The monoisotopic (exact) mass is 395 g/mol. The number of aromatic nitrogens is 2. The van der Waals surface area contributed by atoms with E-state index in [0.29, 0.717) is 23.4 Å². The Morgan fingerprint density at radius 1 is 0.931 bits per heavy atom. The molecule has 4 nitrogen and oxygen atoms in total. The molecule has 0 saturated heterocycles. The Labute approximate surface area is 164 Å². The lowest BCUT2D eigenvalue weighted by molar-refractivity contribution is -0.137. The number of benzene rings is 3. The van der Waals surface area contributed by atoms with Crippen molar-refractivity contribution in [2.45, 2.75) is 12.7 Å². The van der Waals surface area contributed by atoms with Crippen LogP contribution in [0.2, 0.25) is 0 Å². The second-order valence-electron chi connectivity index (χ2n) is 6.56. The number of hydrogen-bond acceptors (Lipinski definition) is 2. The molecule has 3 aromatic carbocycles. The molecule has 0 unspecified atom stereocenters. The molecule has 1 heterocycles. The first kappa shape index (κ1) is 18.7. The third kappa shape index (κ3) is 3.99. The summed E-state index contributed by atoms with van der Waals surface area (Å²) >= 11 is 0. The largest absolute Gasteiger partial charge is 0.416 e. The summed E-state index contributed by atoms with van der Waals surface area (Å²) in [5, 5.41) is 7.98. The molecule has 146 valence electrons. The molecule has 1 aromatic heterocycles. The quantitative estimate of drug-likeness (QED) is 0.506. The molecule has 1 N–H and O–H groups in total. The van der Waals surface area contributed by atoms with Crippen molar-refractivity contribution in [2.24, 2.45) is 0 Å². The summed E-state index contributed by atoms with van der Waals surface area (Å²) in [7, 11) is 0. The van der Waals surface area contributed by atoms with E-state index >= 15 is 0 Å². The van der Waals surface area contributed by atoms with Gasteiger partial charge in [0.15, 0.2) is 0 Å². The molecule has 1 amide bonds. The first-order valence-electron chi connectivity index (χ1n) is 8.89. The number of hydrogen-bond donors (Lipinski definition) is 1. The number of rotatable bonds is 4. The molecule has 0 aliphatic rings. The van der Waals surface area contributed by atoms with Gasteiger partial charge in [0.25, 0.3) is 5.91 Å². The van der Waals surface area contributed by atoms with Gasteiger partial charge >= 0.3 is 6.18 Å². The number of alkyl halides is 3. The Morgan fingerprint density at radius 3 is 2.34 bits per heavy atom. The number of nitrogens with one attached hydrogen (secondary N) is 1. The van der Waals surface area contributed by atoms with Gasteiger partial charge in [-0.2, -0.15) is 18.3 Å². The van der Waals surface area contributed by atoms with Crippen molar-refractivity contribution in [1.82, 2.24) is 9.78 Å². The molecule has 4 rings (SSSR count). The smallest absolute Gasteiger partial charge is 0.321 e. The molecule has 0 bridgehead atoms. The van der Waals surface area contributed by atoms with Gasteiger partial charge in [-0.15, -0.1) is 0 Å². The summed E-state index contributed by atoms with van der Waals surface area (Å²) in [5.74, 6) is -0.228. The molecule has 0 spiro atoms. The lowest BCUT2D eigenvalue weighted by atomic mass is 10.1. The first-order valence-corrected chi connectivity index (χ1v) is 8.89. The maximum absolute atomic E-state index is 12.7. The van der Waals surface area contributed by atoms with Crippen LogP contribution in [0.1, 0.15) is 21.5 Å². The van der Waals surface area contributed by atoms with Crippen molar-refractivity contribution in [3.05, 3.63) is 95.7 Å². The second-order valence-corrected chi connectivity index (χ2v) is 6.56. The Hall–Kier alpha value is -3.61. The van der Waals surface area contributed by atoms with Gasteiger partial charge in [-0.05, 0) is 42.0 Å². The lowest BCUT2D eigenvalue weighted by Crippen LogP contribution is -2.11. The number of halogens is 3. The van der Waals surface area contributed by atoms with Crippen molar-refractivity contribution in [1.29, 1.82) is 0 Å². The summed E-state index contributed by atoms with van der Waals surface area (Å²) in [4.78, 5) is 12.4. The fraction of sp³-hybridized carbons (Fsp3) is 0.0909. The predicted molar refractivity (Wildman–Crippen MR) is 105 cm³/mol. The molecular weight excluding hydrogens is 379 g/mol. The van der Waals surface area contributed by atoms with Gasteiger partial charge in [-0.1, -0.05) is 36.4 Å². The van der Waals surface area contributed by atoms with E-state index in [1.54, 1.807) is 47.3 Å². The summed E-state index contributed by atoms with van der Waals surface area (Å²) in [6, 6.07) is 19.3. The number of anilines is 1. The fourth-order valence-corrected chi connectivity index (χ4v) is 3.09. The van der Waals surface area contributed by atoms with Gasteiger partial charge in [-0.25, -0.2) is 0 Å². The molecule has 0 aliphatic carbocycles. The van der Waals surface area contributed by atoms with Crippen LogP contribution in [0.15, 0.2) is 79.0 Å². The molecular formula is C22H16F3N3O. The predicted octanol–water partition coefficient (Wildman–Crippen LogP) is 5.36. The number of carbonyl (C=O) groups is 1. The van der Waals surface area contributed by atoms with Crippen molar-refractivity contribution in [3.63, 3.8) is 0 Å². The van der Waals surface area contributed by atoms with E-state index in [1.807, 2.05) is 12.1 Å². The van der Waals surface area contributed by atoms with Gasteiger partial charge in [0.2, 0.25) is 0 Å². The van der Waals surface area contributed by atoms with Gasteiger partial charge in [0, 0.05) is 10.9 Å². The zero-order valence-corrected chi connectivity index (χ0v) is 15.1. The molecule has 7 heteroatoms. The third-order valence-electron chi connectivity index (χ3n) is 4.59. The minimum atomic E-state index is -4.36. The number of nitrogens with zero attached hydrogens (tertiary/aromatic N) is 2. The van der Waals surface area contributed by atoms with Crippen molar-refractivity contribution >= 4 is 22.5 Å². The summed E-state index contributed by atoms with van der Waals surface area (Å²) < 4.78 is 39.9. The highest BCUT2D eigenvalue weighted by atomic mass is 19.4. The minimum absolute atomic E-state index is 0.228. The Balaban J connectivity index is 1.58. The van der Waals surface area contributed by atoms with E-state index in [1.165, 1.54) is 12.1 Å². The maximum atomic E-state index is 12.7. The molecule has 0 saturated carbocycles. The van der Waals surface area contributed by atoms with Crippen LogP contribution in [-0.4, -0.2) is 15.7 Å². The summed E-state index contributed by atoms with van der Waals surface area (Å²) in [5.41, 5.74) is 1.95. The molecule has 0 atom stereocenters. The Morgan fingerprint density at radius 2 is 1.66 bits per heavy atom. The van der Waals surface area contributed by atoms with Crippen LogP contribution in [0.3, 0.4) is 0 Å². The van der Waals surface area contributed by atoms with Crippen LogP contribution in [-0.2, 0) is 12.7 Å². The fourth-order valence-electron chi connectivity index (χ4n) is 3.09. The van der Waals surface area contributed by atoms with E-state index in [4.69, 9.17) is 0 Å². The molecule has 0 radical (unpaired) electrons. The second kappa shape index (κ2) is 7.43. The van der Waals surface area contributed by atoms with Gasteiger partial charge in [-0.3, -0.25) is 9.48 Å². The van der Waals surface area contributed by atoms with E-state index < -0.39 is 11.7 Å². The number of amides is 1. The SMILES string of the molecule is O=C(Nc1cccc2c1cnn2Cc1ccc(C(F)(F)F)cc1)c1ccccc1. The Bertz CT molecular complexity index is 1150. The van der Waals surface area contributed by atoms with Crippen LogP contribution in [0.4, 0.5) is 18.9 Å². The highest BCUT2D eigenvalue weighted by Crippen LogP contribution is 2.29. The van der Waals surface area contributed by atoms with Crippen molar-refractivity contribution in [2.75, 3.05) is 5.32 Å². The zero-order valence-electron chi connectivity index (χ0n) is 15.1. The van der Waals surface area contributed by atoms with Crippen molar-refractivity contribution < 1.29 is 18.0 Å². The summed E-state index contributed by atoms with van der Waals surface area (Å²) in [6.07, 6.45) is -2.72. The zero-order chi connectivity index (χ0) is 20.4. The average Bonchev–Trinajstić information content (AvgIpc) is 3.12. The van der Waals surface area contributed by atoms with Crippen LogP contribution in [0.5, 0.6) is 0 Å². The molecule has 4 aromatic rings. The van der Waals surface area contributed by atoms with Crippen LogP contribution in [0, 0.1) is 0 Å². The van der Waals surface area contributed by atoms with Gasteiger partial charge < -0.3 is 5.32 Å². The first-order chi connectivity index (χ1) is 13.9. The van der Waals surface area contributed by atoms with Crippen LogP contribution in [0.25, 0.3) is 10.9 Å². The molecule has 0 aliphatic heterocycles. The van der Waals surface area contributed by atoms with E-state index in [9.17, 15) is 18.0 Å². The highest BCUT2D eigenvalue weighted by molar-refractivity contribution is 6.08. The minimum Gasteiger partial charge on any atom is -0.321 e. The highest BCUT2D eigenvalue weighted by Gasteiger charge is 2.29. The van der Waals surface area contributed by atoms with Crippen LogP contribution < -0.4 is 5.32 Å². The molecule has 29 heavy (non-hydrogen) atoms. The van der Waals surface area contributed by atoms with Gasteiger partial charge in [0.1, 0.15) is 0 Å². The van der Waals surface area contributed by atoms with Crippen molar-refractivity contribution in [3.8, 4) is 0 Å². The van der Waals surface area contributed by atoms with Gasteiger partial charge in [0.05, 0.1) is 29.5 Å². The average molecular weight is 395 g/mol. The topological polar surface area (TPSA) is 46.9 Å². The van der Waals surface area contributed by atoms with E-state index in [-0.39, 0.29) is 5.91 Å². The number of fused-ring (bicyclic) bond motifs is 1. The van der Waals surface area contributed by atoms with Crippen LogP contribution >= 0.6 is 0 Å². The van der Waals surface area contributed by atoms with E-state index in [2.05, 4.69) is 10.4 Å². The third-order valence-corrected chi connectivity index (χ3v) is 4.59. The summed E-state index contributed by atoms with van der Waals surface area (Å²) in [6.45, 7) is 0.317. The maximum Gasteiger partial charge on any atom is 0.416 e. The lowest BCUT2D eigenvalue weighted by Gasteiger charge is -2.09. The molecule has 0 fully saturated rings.